The molecule has 0 unspecified atom stereocenters. The number of hydrogen-bond acceptors (Lipinski definition) is 6. The third-order valence-electron chi connectivity index (χ3n) is 6.87. The number of nitrogen functional groups attached to an aromatic ring is 1. The molecular formula is C28H25FN6O2. The zero-order valence-corrected chi connectivity index (χ0v) is 20.5. The highest BCUT2D eigenvalue weighted by molar-refractivity contribution is 5.96. The van der Waals surface area contributed by atoms with Crippen molar-refractivity contribution in [2.45, 2.75) is 25.3 Å². The molecule has 0 atom stereocenters. The van der Waals surface area contributed by atoms with Crippen molar-refractivity contribution in [3.05, 3.63) is 78.0 Å². The van der Waals surface area contributed by atoms with Gasteiger partial charge in [0.05, 0.1) is 29.1 Å². The molecule has 3 N–H and O–H groups in total. The minimum absolute atomic E-state index is 0.166. The molecule has 2 aromatic carbocycles. The summed E-state index contributed by atoms with van der Waals surface area (Å²) in [6.45, 7) is 2.47. The maximum absolute atomic E-state index is 13.7. The van der Waals surface area contributed by atoms with E-state index in [0.29, 0.717) is 29.2 Å². The van der Waals surface area contributed by atoms with Gasteiger partial charge in [-0.1, -0.05) is 6.07 Å². The molecule has 1 aliphatic rings. The van der Waals surface area contributed by atoms with Crippen LogP contribution in [0.4, 0.5) is 10.2 Å². The maximum Gasteiger partial charge on any atom is 0.272 e. The van der Waals surface area contributed by atoms with Crippen LogP contribution >= 0.6 is 0 Å². The number of aryl methyl sites for hydroxylation is 1. The van der Waals surface area contributed by atoms with Crippen LogP contribution in [0.15, 0.2) is 60.9 Å². The second-order valence-electron chi connectivity index (χ2n) is 9.55. The Bertz CT molecular complexity index is 1670. The number of hydrogen-bond donors (Lipinski definition) is 2. The number of aromatic nitrogens is 4. The lowest BCUT2D eigenvalue weighted by Crippen LogP contribution is -2.40. The first-order chi connectivity index (χ1) is 17.9. The molecule has 8 nitrogen and oxygen atoms in total. The molecule has 6 rings (SSSR count). The topological polar surface area (TPSA) is 107 Å². The lowest BCUT2D eigenvalue weighted by Gasteiger charge is -2.15. The van der Waals surface area contributed by atoms with Crippen molar-refractivity contribution in [2.24, 2.45) is 0 Å². The molecule has 0 spiro atoms. The Kier molecular flexibility index (Phi) is 5.38. The van der Waals surface area contributed by atoms with Crippen molar-refractivity contribution in [3.8, 4) is 22.5 Å². The molecule has 0 bridgehead atoms. The summed E-state index contributed by atoms with van der Waals surface area (Å²) in [4.78, 5) is 26.9. The lowest BCUT2D eigenvalue weighted by molar-refractivity contribution is 0.0877. The molecule has 0 aliphatic heterocycles. The van der Waals surface area contributed by atoms with Gasteiger partial charge >= 0.3 is 0 Å². The molecule has 3 aromatic heterocycles. The zero-order chi connectivity index (χ0) is 25.7. The van der Waals surface area contributed by atoms with Gasteiger partial charge < -0.3 is 15.8 Å². The summed E-state index contributed by atoms with van der Waals surface area (Å²) < 4.78 is 20.8. The number of nitrogens with zero attached hydrogens (tertiary/aromatic N) is 4. The molecule has 5 aromatic rings. The summed E-state index contributed by atoms with van der Waals surface area (Å²) in [6.07, 6.45) is 5.16. The first-order valence-electron chi connectivity index (χ1n) is 12.0. The summed E-state index contributed by atoms with van der Waals surface area (Å²) in [6, 6.07) is 14.0. The highest BCUT2D eigenvalue weighted by atomic mass is 19.1. The van der Waals surface area contributed by atoms with E-state index in [1.165, 1.54) is 12.1 Å². The van der Waals surface area contributed by atoms with Gasteiger partial charge in [-0.25, -0.2) is 14.4 Å². The van der Waals surface area contributed by atoms with E-state index >= 15 is 0 Å². The number of nitrogens with two attached hydrogens (primary N) is 1. The van der Waals surface area contributed by atoms with Gasteiger partial charge in [0, 0.05) is 36.0 Å². The molecule has 186 valence electrons. The normalized spacial score (nSPS) is 14.2. The van der Waals surface area contributed by atoms with E-state index in [9.17, 15) is 9.18 Å². The molecule has 1 amide bonds. The van der Waals surface area contributed by atoms with Crippen molar-refractivity contribution in [1.29, 1.82) is 0 Å². The monoisotopic (exact) mass is 496 g/mol. The molecular weight excluding hydrogens is 471 g/mol. The molecule has 0 radical (unpaired) electrons. The van der Waals surface area contributed by atoms with E-state index in [0.717, 1.165) is 34.9 Å². The SMILES string of the molecule is COCC1(NC(=O)c2cn3c(-c4ccc5nccc(C)c5c4)c(-c4ccc(F)cc4)nc(N)c3n2)CC1. The zero-order valence-electron chi connectivity index (χ0n) is 20.5. The van der Waals surface area contributed by atoms with Crippen LogP contribution in [0.25, 0.3) is 39.1 Å². The smallest absolute Gasteiger partial charge is 0.272 e. The van der Waals surface area contributed by atoms with Gasteiger partial charge in [0.15, 0.2) is 11.5 Å². The van der Waals surface area contributed by atoms with Crippen LogP contribution in [-0.2, 0) is 4.74 Å². The van der Waals surface area contributed by atoms with E-state index in [1.807, 2.05) is 31.2 Å². The molecule has 1 aliphatic carbocycles. The van der Waals surface area contributed by atoms with Gasteiger partial charge in [-0.15, -0.1) is 0 Å². The summed E-state index contributed by atoms with van der Waals surface area (Å²) >= 11 is 0. The minimum atomic E-state index is -0.351. The molecule has 0 saturated heterocycles. The number of amides is 1. The molecule has 37 heavy (non-hydrogen) atoms. The number of halogens is 1. The van der Waals surface area contributed by atoms with Gasteiger partial charge in [0.1, 0.15) is 11.5 Å². The number of pyridine rings is 1. The third-order valence-corrected chi connectivity index (χ3v) is 6.87. The Morgan fingerprint density at radius 2 is 1.89 bits per heavy atom. The number of benzene rings is 2. The fourth-order valence-corrected chi connectivity index (χ4v) is 4.73. The fourth-order valence-electron chi connectivity index (χ4n) is 4.73. The van der Waals surface area contributed by atoms with Crippen LogP contribution in [-0.4, -0.2) is 44.5 Å². The third kappa shape index (κ3) is 4.07. The van der Waals surface area contributed by atoms with Crippen molar-refractivity contribution in [3.63, 3.8) is 0 Å². The Balaban J connectivity index is 1.57. The van der Waals surface area contributed by atoms with E-state index in [1.54, 1.807) is 36.0 Å². The first kappa shape index (κ1) is 23.1. The molecule has 9 heteroatoms. The van der Waals surface area contributed by atoms with E-state index in [-0.39, 0.29) is 28.8 Å². The number of carbonyl (C=O) groups is 1. The predicted molar refractivity (Wildman–Crippen MR) is 140 cm³/mol. The average Bonchev–Trinajstić information content (AvgIpc) is 3.48. The first-order valence-corrected chi connectivity index (χ1v) is 12.0. The number of carbonyl (C=O) groups excluding carboxylic acids is 1. The maximum atomic E-state index is 13.7. The van der Waals surface area contributed by atoms with Gasteiger partial charge in [-0.05, 0) is 67.8 Å². The standard InChI is InChI=1S/C28H25FN6O2/c1-16-9-12-31-21-8-5-18(13-20(16)21)24-23(17-3-6-19(29)7-4-17)33-25(30)26-32-22(14-35(24)26)27(36)34-28(10-11-28)15-37-2/h3-9,12-14H,10-11,15H2,1-2H3,(H2,30,33)(H,34,36). The van der Waals surface area contributed by atoms with Crippen molar-refractivity contribution >= 4 is 28.3 Å². The molecule has 1 saturated carbocycles. The minimum Gasteiger partial charge on any atom is -0.382 e. The predicted octanol–water partition coefficient (Wildman–Crippen LogP) is 4.55. The van der Waals surface area contributed by atoms with Gasteiger partial charge in [-0.2, -0.15) is 0 Å². The highest BCUT2D eigenvalue weighted by Crippen LogP contribution is 2.37. The summed E-state index contributed by atoms with van der Waals surface area (Å²) in [5.41, 5.74) is 11.3. The van der Waals surface area contributed by atoms with Crippen molar-refractivity contribution < 1.29 is 13.9 Å². The second kappa shape index (κ2) is 8.63. The molecule has 3 heterocycles. The van der Waals surface area contributed by atoms with E-state index < -0.39 is 0 Å². The van der Waals surface area contributed by atoms with Crippen molar-refractivity contribution in [2.75, 3.05) is 19.5 Å². The van der Waals surface area contributed by atoms with Crippen LogP contribution < -0.4 is 11.1 Å². The Hall–Kier alpha value is -4.37. The van der Waals surface area contributed by atoms with Gasteiger partial charge in [0.2, 0.25) is 0 Å². The number of fused-ring (bicyclic) bond motifs is 2. The van der Waals surface area contributed by atoms with Crippen LogP contribution in [0, 0.1) is 12.7 Å². The summed E-state index contributed by atoms with van der Waals surface area (Å²) in [5.74, 6) is -0.484. The number of methoxy groups -OCH3 is 1. The quantitative estimate of drug-likeness (QED) is 0.357. The van der Waals surface area contributed by atoms with Crippen LogP contribution in [0.2, 0.25) is 0 Å². The van der Waals surface area contributed by atoms with Crippen LogP contribution in [0.1, 0.15) is 28.9 Å². The Morgan fingerprint density at radius 1 is 1.14 bits per heavy atom. The highest BCUT2D eigenvalue weighted by Gasteiger charge is 2.44. The van der Waals surface area contributed by atoms with E-state index in [2.05, 4.69) is 20.3 Å². The Morgan fingerprint density at radius 3 is 2.62 bits per heavy atom. The van der Waals surface area contributed by atoms with Crippen LogP contribution in [0.5, 0.6) is 0 Å². The number of imidazole rings is 1. The largest absolute Gasteiger partial charge is 0.382 e. The Labute approximate surface area is 212 Å². The second-order valence-corrected chi connectivity index (χ2v) is 9.55. The average molecular weight is 497 g/mol. The summed E-state index contributed by atoms with van der Waals surface area (Å²) in [7, 11) is 1.62. The van der Waals surface area contributed by atoms with Crippen LogP contribution in [0.3, 0.4) is 0 Å². The number of anilines is 1. The number of nitrogens with one attached hydrogen (secondary N) is 1. The van der Waals surface area contributed by atoms with E-state index in [4.69, 9.17) is 10.5 Å². The van der Waals surface area contributed by atoms with Crippen molar-refractivity contribution in [1.82, 2.24) is 24.7 Å². The number of rotatable bonds is 6. The number of ether oxygens (including phenoxy) is 1. The van der Waals surface area contributed by atoms with Gasteiger partial charge in [-0.3, -0.25) is 14.2 Å². The lowest BCUT2D eigenvalue weighted by atomic mass is 10.0. The van der Waals surface area contributed by atoms with Gasteiger partial charge in [0.25, 0.3) is 5.91 Å². The fraction of sp³-hybridized carbons (Fsp3) is 0.214. The summed E-state index contributed by atoms with van der Waals surface area (Å²) in [5, 5.41) is 4.05. The molecule has 1 fully saturated rings.